The Morgan fingerprint density at radius 2 is 1.96 bits per heavy atom. The van der Waals surface area contributed by atoms with Gasteiger partial charge >= 0.3 is 0 Å². The van der Waals surface area contributed by atoms with Gasteiger partial charge in [-0.05, 0) is 39.0 Å². The van der Waals surface area contributed by atoms with Crippen LogP contribution in [0, 0.1) is 25.2 Å². The molecule has 1 aliphatic rings. The molecule has 7 nitrogen and oxygen atoms in total. The standard InChI is InChI=1S/C18H22N6O/c1-13-10-14(2)24(21-13)15(3)18(25)23-8-6-22(7-9-23)17-11-16(12-19)4-5-20-17/h4-5,10-11,15H,6-9H2,1-3H3. The zero-order valence-electron chi connectivity index (χ0n) is 14.8. The molecule has 0 saturated carbocycles. The first-order valence-corrected chi connectivity index (χ1v) is 8.42. The molecule has 0 bridgehead atoms. The lowest BCUT2D eigenvalue weighted by molar-refractivity contribution is -0.134. The third-order valence-electron chi connectivity index (χ3n) is 4.56. The number of carbonyl (C=O) groups is 1. The molecule has 0 radical (unpaired) electrons. The maximum atomic E-state index is 12.8. The number of hydrogen-bond acceptors (Lipinski definition) is 5. The van der Waals surface area contributed by atoms with Crippen molar-refractivity contribution in [3.8, 4) is 6.07 Å². The van der Waals surface area contributed by atoms with E-state index in [0.29, 0.717) is 31.7 Å². The number of aromatic nitrogens is 3. The largest absolute Gasteiger partial charge is 0.353 e. The second kappa shape index (κ2) is 6.93. The van der Waals surface area contributed by atoms with E-state index < -0.39 is 0 Å². The third kappa shape index (κ3) is 3.48. The SMILES string of the molecule is Cc1cc(C)n(C(C)C(=O)N2CCN(c3cc(C#N)ccn3)CC2)n1. The summed E-state index contributed by atoms with van der Waals surface area (Å²) in [5.41, 5.74) is 2.52. The van der Waals surface area contributed by atoms with Gasteiger partial charge in [0.1, 0.15) is 11.9 Å². The predicted octanol–water partition coefficient (Wildman–Crippen LogP) is 1.68. The molecule has 1 fully saturated rings. The second-order valence-corrected chi connectivity index (χ2v) is 6.37. The van der Waals surface area contributed by atoms with Crippen LogP contribution in [0.15, 0.2) is 24.4 Å². The number of piperazine rings is 1. The van der Waals surface area contributed by atoms with Crippen LogP contribution in [0.4, 0.5) is 5.82 Å². The average Bonchev–Trinajstić information content (AvgIpc) is 2.99. The van der Waals surface area contributed by atoms with Crippen molar-refractivity contribution < 1.29 is 4.79 Å². The molecular formula is C18H22N6O. The molecule has 0 spiro atoms. The Morgan fingerprint density at radius 1 is 1.24 bits per heavy atom. The molecule has 0 N–H and O–H groups in total. The van der Waals surface area contributed by atoms with Gasteiger partial charge in [-0.15, -0.1) is 0 Å². The maximum absolute atomic E-state index is 12.8. The van der Waals surface area contributed by atoms with Gasteiger partial charge in [0.15, 0.2) is 0 Å². The van der Waals surface area contributed by atoms with E-state index in [2.05, 4.69) is 21.1 Å². The van der Waals surface area contributed by atoms with Crippen LogP contribution in [-0.2, 0) is 4.79 Å². The number of carbonyl (C=O) groups excluding carboxylic acids is 1. The molecule has 1 amide bonds. The molecule has 25 heavy (non-hydrogen) atoms. The molecular weight excluding hydrogens is 316 g/mol. The first-order valence-electron chi connectivity index (χ1n) is 8.42. The molecule has 3 rings (SSSR count). The Morgan fingerprint density at radius 3 is 2.56 bits per heavy atom. The zero-order valence-corrected chi connectivity index (χ0v) is 14.8. The summed E-state index contributed by atoms with van der Waals surface area (Å²) in [5, 5.41) is 13.4. The van der Waals surface area contributed by atoms with E-state index in [4.69, 9.17) is 5.26 Å². The van der Waals surface area contributed by atoms with Gasteiger partial charge in [-0.2, -0.15) is 10.4 Å². The Labute approximate surface area is 147 Å². The van der Waals surface area contributed by atoms with Gasteiger partial charge in [0.25, 0.3) is 0 Å². The van der Waals surface area contributed by atoms with Crippen molar-refractivity contribution in [1.82, 2.24) is 19.7 Å². The number of nitriles is 1. The summed E-state index contributed by atoms with van der Waals surface area (Å²) in [6.07, 6.45) is 1.65. The summed E-state index contributed by atoms with van der Waals surface area (Å²) in [7, 11) is 0. The number of aryl methyl sites for hydroxylation is 2. The molecule has 7 heteroatoms. The van der Waals surface area contributed by atoms with Crippen molar-refractivity contribution >= 4 is 11.7 Å². The molecule has 2 aromatic heterocycles. The molecule has 1 atom stereocenters. The molecule has 3 heterocycles. The topological polar surface area (TPSA) is 78.0 Å². The number of anilines is 1. The maximum Gasteiger partial charge on any atom is 0.247 e. The fourth-order valence-corrected chi connectivity index (χ4v) is 3.22. The number of nitrogens with zero attached hydrogens (tertiary/aromatic N) is 6. The molecule has 1 unspecified atom stereocenters. The van der Waals surface area contributed by atoms with Crippen LogP contribution in [0.1, 0.15) is 29.9 Å². The highest BCUT2D eigenvalue weighted by Crippen LogP contribution is 2.18. The summed E-state index contributed by atoms with van der Waals surface area (Å²) in [4.78, 5) is 21.1. The normalized spacial score (nSPS) is 15.8. The third-order valence-corrected chi connectivity index (χ3v) is 4.56. The fourth-order valence-electron chi connectivity index (χ4n) is 3.22. The van der Waals surface area contributed by atoms with Gasteiger partial charge in [-0.1, -0.05) is 0 Å². The van der Waals surface area contributed by atoms with Crippen molar-refractivity contribution in [1.29, 1.82) is 5.26 Å². The van der Waals surface area contributed by atoms with E-state index in [-0.39, 0.29) is 11.9 Å². The second-order valence-electron chi connectivity index (χ2n) is 6.37. The Hall–Kier alpha value is -2.88. The Kier molecular flexibility index (Phi) is 4.70. The van der Waals surface area contributed by atoms with Crippen LogP contribution in [0.2, 0.25) is 0 Å². The summed E-state index contributed by atoms with van der Waals surface area (Å²) < 4.78 is 1.79. The summed E-state index contributed by atoms with van der Waals surface area (Å²) >= 11 is 0. The molecule has 1 saturated heterocycles. The van der Waals surface area contributed by atoms with Crippen molar-refractivity contribution in [3.05, 3.63) is 41.3 Å². The van der Waals surface area contributed by atoms with Gasteiger partial charge < -0.3 is 9.80 Å². The minimum Gasteiger partial charge on any atom is -0.353 e. The number of rotatable bonds is 3. The molecule has 0 aliphatic carbocycles. The van der Waals surface area contributed by atoms with Crippen LogP contribution in [0.3, 0.4) is 0 Å². The number of hydrogen-bond donors (Lipinski definition) is 0. The highest BCUT2D eigenvalue weighted by molar-refractivity contribution is 5.80. The van der Waals surface area contributed by atoms with E-state index in [9.17, 15) is 4.79 Å². The van der Waals surface area contributed by atoms with E-state index in [0.717, 1.165) is 17.2 Å². The summed E-state index contributed by atoms with van der Waals surface area (Å²) in [6.45, 7) is 8.49. The molecule has 0 aromatic carbocycles. The van der Waals surface area contributed by atoms with Crippen molar-refractivity contribution in [2.45, 2.75) is 26.8 Å². The van der Waals surface area contributed by atoms with E-state index >= 15 is 0 Å². The highest BCUT2D eigenvalue weighted by Gasteiger charge is 2.27. The monoisotopic (exact) mass is 338 g/mol. The van der Waals surface area contributed by atoms with E-state index in [1.165, 1.54) is 0 Å². The highest BCUT2D eigenvalue weighted by atomic mass is 16.2. The zero-order chi connectivity index (χ0) is 18.0. The number of pyridine rings is 1. The van der Waals surface area contributed by atoms with Crippen LogP contribution in [-0.4, -0.2) is 51.8 Å². The molecule has 2 aromatic rings. The van der Waals surface area contributed by atoms with Gasteiger partial charge in [-0.3, -0.25) is 9.48 Å². The lowest BCUT2D eigenvalue weighted by Crippen LogP contribution is -2.50. The number of amides is 1. The minimum atomic E-state index is -0.305. The minimum absolute atomic E-state index is 0.0876. The predicted molar refractivity (Wildman–Crippen MR) is 94.2 cm³/mol. The van der Waals surface area contributed by atoms with Gasteiger partial charge in [0.05, 0.1) is 17.3 Å². The van der Waals surface area contributed by atoms with Crippen molar-refractivity contribution in [2.24, 2.45) is 0 Å². The molecule has 130 valence electrons. The van der Waals surface area contributed by atoms with E-state index in [1.54, 1.807) is 23.0 Å². The smallest absolute Gasteiger partial charge is 0.247 e. The molecule has 1 aliphatic heterocycles. The van der Waals surface area contributed by atoms with Crippen LogP contribution >= 0.6 is 0 Å². The first-order chi connectivity index (χ1) is 12.0. The summed E-state index contributed by atoms with van der Waals surface area (Å²) in [6, 6.07) is 7.29. The quantitative estimate of drug-likeness (QED) is 0.851. The van der Waals surface area contributed by atoms with E-state index in [1.807, 2.05) is 31.7 Å². The fraction of sp³-hybridized carbons (Fsp3) is 0.444. The van der Waals surface area contributed by atoms with Gasteiger partial charge in [0, 0.05) is 38.1 Å². The Bertz CT molecular complexity index is 813. The average molecular weight is 338 g/mol. The van der Waals surface area contributed by atoms with Gasteiger partial charge in [0.2, 0.25) is 5.91 Å². The van der Waals surface area contributed by atoms with Crippen LogP contribution < -0.4 is 4.90 Å². The van der Waals surface area contributed by atoms with Crippen LogP contribution in [0.25, 0.3) is 0 Å². The lowest BCUT2D eigenvalue weighted by atomic mass is 10.2. The first kappa shape index (κ1) is 17.0. The lowest BCUT2D eigenvalue weighted by Gasteiger charge is -2.36. The van der Waals surface area contributed by atoms with Crippen molar-refractivity contribution in [2.75, 3.05) is 31.1 Å². The van der Waals surface area contributed by atoms with Crippen LogP contribution in [0.5, 0.6) is 0 Å². The van der Waals surface area contributed by atoms with Gasteiger partial charge in [-0.25, -0.2) is 4.98 Å². The van der Waals surface area contributed by atoms with Crippen molar-refractivity contribution in [3.63, 3.8) is 0 Å². The summed E-state index contributed by atoms with van der Waals surface area (Å²) in [5.74, 6) is 0.877. The Balaban J connectivity index is 1.64.